The Bertz CT molecular complexity index is 57.5. The lowest BCUT2D eigenvalue weighted by Gasteiger charge is -2.02. The van der Waals surface area contributed by atoms with Gasteiger partial charge in [0, 0.05) is 0 Å². The number of hydrogen-bond acceptors (Lipinski definition) is 1. The molecule has 8 heavy (non-hydrogen) atoms. The second-order valence-electron chi connectivity index (χ2n) is 2.44. The van der Waals surface area contributed by atoms with Crippen LogP contribution in [0.1, 0.15) is 19.3 Å². The first-order valence-electron chi connectivity index (χ1n) is 3.36. The van der Waals surface area contributed by atoms with Crippen LogP contribution >= 0.6 is 9.24 Å². The lowest BCUT2D eigenvalue weighted by molar-refractivity contribution is 0.703. The quantitative estimate of drug-likeness (QED) is 0.484. The molecule has 2 atom stereocenters. The van der Waals surface area contributed by atoms with Crippen LogP contribution in [0.25, 0.3) is 0 Å². The Morgan fingerprint density at radius 1 is 1.25 bits per heavy atom. The summed E-state index contributed by atoms with van der Waals surface area (Å²) >= 11 is 0. The zero-order valence-corrected chi connectivity index (χ0v) is 6.34. The van der Waals surface area contributed by atoms with Crippen molar-refractivity contribution in [2.24, 2.45) is 0 Å². The van der Waals surface area contributed by atoms with Crippen LogP contribution < -0.4 is 5.32 Å². The molecule has 1 aliphatic heterocycles. The largest absolute Gasteiger partial charge is 0.317 e. The molecule has 0 amide bonds. The van der Waals surface area contributed by atoms with Crippen molar-refractivity contribution in [2.75, 3.05) is 13.1 Å². The van der Waals surface area contributed by atoms with Crippen molar-refractivity contribution in [3.63, 3.8) is 0 Å². The second-order valence-corrected chi connectivity index (χ2v) is 3.38. The van der Waals surface area contributed by atoms with Gasteiger partial charge < -0.3 is 5.32 Å². The van der Waals surface area contributed by atoms with Gasteiger partial charge in [-0.15, -0.1) is 9.24 Å². The summed E-state index contributed by atoms with van der Waals surface area (Å²) in [5.41, 5.74) is 0.880. The normalized spacial score (nSPS) is 31.9. The van der Waals surface area contributed by atoms with Crippen molar-refractivity contribution in [3.8, 4) is 0 Å². The van der Waals surface area contributed by atoms with Gasteiger partial charge in [0.2, 0.25) is 0 Å². The monoisotopic (exact) mass is 131 g/mol. The van der Waals surface area contributed by atoms with Crippen molar-refractivity contribution in [1.82, 2.24) is 5.32 Å². The molecule has 1 aliphatic rings. The number of hydrogen-bond donors (Lipinski definition) is 1. The molecule has 0 spiro atoms. The molecule has 0 saturated carbocycles. The van der Waals surface area contributed by atoms with Gasteiger partial charge >= 0.3 is 0 Å². The van der Waals surface area contributed by atoms with E-state index in [-0.39, 0.29) is 0 Å². The average Bonchev–Trinajstić information content (AvgIpc) is 1.94. The third-order valence-corrected chi connectivity index (χ3v) is 2.29. The van der Waals surface area contributed by atoms with Gasteiger partial charge in [-0.05, 0) is 38.0 Å². The van der Waals surface area contributed by atoms with Gasteiger partial charge in [0.25, 0.3) is 0 Å². The molecule has 1 N–H and O–H groups in total. The van der Waals surface area contributed by atoms with Gasteiger partial charge in [-0.25, -0.2) is 0 Å². The van der Waals surface area contributed by atoms with E-state index in [1.54, 1.807) is 0 Å². The Labute approximate surface area is 53.4 Å². The molecule has 0 radical (unpaired) electrons. The summed E-state index contributed by atoms with van der Waals surface area (Å²) in [7, 11) is 2.90. The Morgan fingerprint density at radius 3 is 3.00 bits per heavy atom. The van der Waals surface area contributed by atoms with Crippen LogP contribution in [0.3, 0.4) is 0 Å². The minimum Gasteiger partial charge on any atom is -0.317 e. The van der Waals surface area contributed by atoms with E-state index in [9.17, 15) is 0 Å². The van der Waals surface area contributed by atoms with E-state index in [1.165, 1.54) is 32.4 Å². The first-order valence-corrected chi connectivity index (χ1v) is 4.02. The van der Waals surface area contributed by atoms with E-state index in [4.69, 9.17) is 0 Å². The zero-order chi connectivity index (χ0) is 5.82. The highest BCUT2D eigenvalue weighted by molar-refractivity contribution is 7.17. The summed E-state index contributed by atoms with van der Waals surface area (Å²) < 4.78 is 0. The van der Waals surface area contributed by atoms with E-state index in [0.717, 1.165) is 5.66 Å². The predicted molar refractivity (Wildman–Crippen MR) is 40.2 cm³/mol. The van der Waals surface area contributed by atoms with Gasteiger partial charge in [-0.3, -0.25) is 0 Å². The highest BCUT2D eigenvalue weighted by Gasteiger charge is 2.04. The lowest BCUT2D eigenvalue weighted by atomic mass is 10.2. The Hall–Kier alpha value is 0.390. The Kier molecular flexibility index (Phi) is 2.78. The first kappa shape index (κ1) is 6.51. The van der Waals surface area contributed by atoms with E-state index in [1.807, 2.05) is 0 Å². The van der Waals surface area contributed by atoms with Crippen molar-refractivity contribution in [3.05, 3.63) is 0 Å². The summed E-state index contributed by atoms with van der Waals surface area (Å²) in [6.45, 7) is 2.44. The molecule has 2 unspecified atom stereocenters. The minimum atomic E-state index is 0.880. The maximum atomic E-state index is 3.36. The highest BCUT2D eigenvalue weighted by Crippen LogP contribution is 2.13. The minimum absolute atomic E-state index is 0.880. The summed E-state index contributed by atoms with van der Waals surface area (Å²) in [4.78, 5) is 0. The molecule has 0 aromatic heterocycles. The molecule has 1 fully saturated rings. The predicted octanol–water partition coefficient (Wildman–Crippen LogP) is 1.00. The van der Waals surface area contributed by atoms with Gasteiger partial charge in [0.1, 0.15) is 0 Å². The lowest BCUT2D eigenvalue weighted by Crippen LogP contribution is -2.13. The van der Waals surface area contributed by atoms with Gasteiger partial charge in [0.05, 0.1) is 0 Å². The van der Waals surface area contributed by atoms with Crippen LogP contribution in [0.15, 0.2) is 0 Å². The van der Waals surface area contributed by atoms with Gasteiger partial charge in [0.15, 0.2) is 0 Å². The third kappa shape index (κ3) is 2.11. The molecule has 1 saturated heterocycles. The SMILES string of the molecule is PC1CCCNCC1. The fourth-order valence-electron chi connectivity index (χ4n) is 1.05. The standard InChI is InChI=1S/C6H14NP/c8-6-2-1-4-7-5-3-6/h6-7H,1-5,8H2. The molecule has 48 valence electrons. The molecule has 1 heterocycles. The molecule has 0 aromatic carbocycles. The van der Waals surface area contributed by atoms with Crippen LogP contribution in [-0.4, -0.2) is 18.7 Å². The summed E-state index contributed by atoms with van der Waals surface area (Å²) in [6, 6.07) is 0. The van der Waals surface area contributed by atoms with Gasteiger partial charge in [-0.1, -0.05) is 0 Å². The van der Waals surface area contributed by atoms with Crippen LogP contribution in [0.4, 0.5) is 0 Å². The molecular weight excluding hydrogens is 117 g/mol. The fourth-order valence-corrected chi connectivity index (χ4v) is 1.45. The van der Waals surface area contributed by atoms with Crippen molar-refractivity contribution < 1.29 is 0 Å². The molecule has 0 aliphatic carbocycles. The molecule has 2 heteroatoms. The van der Waals surface area contributed by atoms with Crippen LogP contribution in [-0.2, 0) is 0 Å². The molecule has 0 aromatic rings. The Balaban J connectivity index is 2.17. The van der Waals surface area contributed by atoms with Crippen molar-refractivity contribution >= 4 is 9.24 Å². The smallest absolute Gasteiger partial charge is 0.00431 e. The van der Waals surface area contributed by atoms with Crippen LogP contribution in [0, 0.1) is 0 Å². The highest BCUT2D eigenvalue weighted by atomic mass is 31.0. The fraction of sp³-hybridized carbons (Fsp3) is 1.00. The maximum Gasteiger partial charge on any atom is -0.00431 e. The number of rotatable bonds is 0. The summed E-state index contributed by atoms with van der Waals surface area (Å²) in [6.07, 6.45) is 4.08. The van der Waals surface area contributed by atoms with E-state index in [0.29, 0.717) is 0 Å². The maximum absolute atomic E-state index is 3.36. The third-order valence-electron chi connectivity index (χ3n) is 1.62. The molecular formula is C6H14NP. The molecule has 1 rings (SSSR count). The van der Waals surface area contributed by atoms with Crippen molar-refractivity contribution in [1.29, 1.82) is 0 Å². The first-order chi connectivity index (χ1) is 3.89. The summed E-state index contributed by atoms with van der Waals surface area (Å²) in [5, 5.41) is 3.36. The average molecular weight is 131 g/mol. The topological polar surface area (TPSA) is 12.0 Å². The van der Waals surface area contributed by atoms with Crippen LogP contribution in [0.5, 0.6) is 0 Å². The van der Waals surface area contributed by atoms with E-state index in [2.05, 4.69) is 14.6 Å². The molecule has 1 nitrogen and oxygen atoms in total. The molecule has 0 bridgehead atoms. The van der Waals surface area contributed by atoms with Gasteiger partial charge in [-0.2, -0.15) is 0 Å². The van der Waals surface area contributed by atoms with E-state index < -0.39 is 0 Å². The zero-order valence-electron chi connectivity index (χ0n) is 5.19. The Morgan fingerprint density at radius 2 is 2.12 bits per heavy atom. The van der Waals surface area contributed by atoms with Crippen LogP contribution in [0.2, 0.25) is 0 Å². The summed E-state index contributed by atoms with van der Waals surface area (Å²) in [5.74, 6) is 0. The number of nitrogens with one attached hydrogen (secondary N) is 1. The van der Waals surface area contributed by atoms with E-state index >= 15 is 0 Å². The second kappa shape index (κ2) is 3.42. The van der Waals surface area contributed by atoms with Crippen molar-refractivity contribution in [2.45, 2.75) is 24.9 Å².